The third-order valence-corrected chi connectivity index (χ3v) is 5.98. The fraction of sp³-hybridized carbons (Fsp3) is 0.167. The maximum atomic E-state index is 14.6. The van der Waals surface area contributed by atoms with Crippen LogP contribution in [0.5, 0.6) is 5.75 Å². The van der Waals surface area contributed by atoms with Crippen molar-refractivity contribution in [1.29, 1.82) is 0 Å². The van der Waals surface area contributed by atoms with E-state index >= 15 is 0 Å². The van der Waals surface area contributed by atoms with Crippen molar-refractivity contribution in [2.24, 2.45) is 0 Å². The summed E-state index contributed by atoms with van der Waals surface area (Å²) in [5.74, 6) is -0.841. The Hall–Kier alpha value is -2.89. The van der Waals surface area contributed by atoms with Crippen molar-refractivity contribution in [3.8, 4) is 16.9 Å². The number of hydrogen-bond donors (Lipinski definition) is 0. The summed E-state index contributed by atoms with van der Waals surface area (Å²) in [6.45, 7) is 1.74. The van der Waals surface area contributed by atoms with Gasteiger partial charge in [0.05, 0.1) is 28.3 Å². The van der Waals surface area contributed by atoms with E-state index in [0.717, 1.165) is 0 Å². The van der Waals surface area contributed by atoms with Crippen LogP contribution in [0.1, 0.15) is 33.2 Å². The molecule has 1 atom stereocenters. The SMILES string of the molecule is COc1c(CC(C)N2C(=O)c3ccccc3C2=O)cc(F)cc1-c1c(Cl)cccc1Cl. The molecular formula is C24H18Cl2FNO3. The van der Waals surface area contributed by atoms with Gasteiger partial charge >= 0.3 is 0 Å². The number of ether oxygens (including phenoxy) is 1. The van der Waals surface area contributed by atoms with E-state index in [4.69, 9.17) is 27.9 Å². The fourth-order valence-corrected chi connectivity index (χ4v) is 4.60. The molecule has 3 aromatic carbocycles. The second kappa shape index (κ2) is 8.33. The van der Waals surface area contributed by atoms with Gasteiger partial charge in [-0.3, -0.25) is 14.5 Å². The molecule has 3 aromatic rings. The molecule has 1 aliphatic rings. The van der Waals surface area contributed by atoms with Gasteiger partial charge in [0.1, 0.15) is 11.6 Å². The molecule has 1 unspecified atom stereocenters. The summed E-state index contributed by atoms with van der Waals surface area (Å²) in [6.07, 6.45) is 0.196. The van der Waals surface area contributed by atoms with E-state index in [-0.39, 0.29) is 18.2 Å². The standard InChI is InChI=1S/C24H18Cl2FNO3/c1-13(28-23(29)16-6-3-4-7-17(16)24(28)30)10-14-11-15(27)12-18(22(14)31-2)21-19(25)8-5-9-20(21)26/h3-9,11-13H,10H2,1-2H3. The molecule has 0 saturated heterocycles. The Morgan fingerprint density at radius 2 is 1.52 bits per heavy atom. The molecule has 0 aliphatic carbocycles. The van der Waals surface area contributed by atoms with Crippen LogP contribution in [-0.2, 0) is 6.42 Å². The monoisotopic (exact) mass is 457 g/mol. The molecule has 158 valence electrons. The van der Waals surface area contributed by atoms with Crippen molar-refractivity contribution in [3.63, 3.8) is 0 Å². The van der Waals surface area contributed by atoms with Gasteiger partial charge < -0.3 is 4.74 Å². The van der Waals surface area contributed by atoms with Crippen LogP contribution in [0.3, 0.4) is 0 Å². The highest BCUT2D eigenvalue weighted by Crippen LogP contribution is 2.42. The summed E-state index contributed by atoms with van der Waals surface area (Å²) in [5, 5.41) is 0.714. The molecule has 4 rings (SSSR count). The van der Waals surface area contributed by atoms with E-state index in [1.807, 2.05) is 0 Å². The first kappa shape index (κ1) is 21.3. The van der Waals surface area contributed by atoms with Gasteiger partial charge in [-0.2, -0.15) is 0 Å². The molecule has 0 spiro atoms. The van der Waals surface area contributed by atoms with Gasteiger partial charge in [-0.25, -0.2) is 4.39 Å². The number of amides is 2. The molecular weight excluding hydrogens is 440 g/mol. The van der Waals surface area contributed by atoms with Gasteiger partial charge in [-0.05, 0) is 55.3 Å². The minimum absolute atomic E-state index is 0.196. The highest BCUT2D eigenvalue weighted by molar-refractivity contribution is 6.39. The Kier molecular flexibility index (Phi) is 5.73. The van der Waals surface area contributed by atoms with Crippen molar-refractivity contribution in [1.82, 2.24) is 4.90 Å². The van der Waals surface area contributed by atoms with Gasteiger partial charge in [0.25, 0.3) is 11.8 Å². The van der Waals surface area contributed by atoms with Crippen molar-refractivity contribution >= 4 is 35.0 Å². The minimum atomic E-state index is -0.530. The van der Waals surface area contributed by atoms with E-state index in [1.165, 1.54) is 24.1 Å². The van der Waals surface area contributed by atoms with Gasteiger partial charge in [-0.1, -0.05) is 41.4 Å². The molecule has 2 amide bonds. The van der Waals surface area contributed by atoms with Crippen LogP contribution in [0.25, 0.3) is 11.1 Å². The molecule has 0 fully saturated rings. The van der Waals surface area contributed by atoms with E-state index in [9.17, 15) is 14.0 Å². The maximum Gasteiger partial charge on any atom is 0.261 e. The van der Waals surface area contributed by atoms with Crippen molar-refractivity contribution in [3.05, 3.63) is 87.2 Å². The lowest BCUT2D eigenvalue weighted by molar-refractivity contribution is 0.0596. The lowest BCUT2D eigenvalue weighted by Crippen LogP contribution is -2.39. The van der Waals surface area contributed by atoms with Crippen molar-refractivity contribution in [2.45, 2.75) is 19.4 Å². The Labute approximate surface area is 189 Å². The predicted molar refractivity (Wildman–Crippen MR) is 119 cm³/mol. The fourth-order valence-electron chi connectivity index (χ4n) is 4.00. The van der Waals surface area contributed by atoms with Crippen LogP contribution in [0, 0.1) is 5.82 Å². The maximum absolute atomic E-state index is 14.6. The molecule has 0 N–H and O–H groups in total. The summed E-state index contributed by atoms with van der Waals surface area (Å²) >= 11 is 12.7. The highest BCUT2D eigenvalue weighted by atomic mass is 35.5. The molecule has 31 heavy (non-hydrogen) atoms. The van der Waals surface area contributed by atoms with Gasteiger partial charge in [0.15, 0.2) is 0 Å². The van der Waals surface area contributed by atoms with Crippen LogP contribution in [0.15, 0.2) is 54.6 Å². The summed E-state index contributed by atoms with van der Waals surface area (Å²) in [6, 6.07) is 13.8. The Morgan fingerprint density at radius 1 is 0.935 bits per heavy atom. The second-order valence-electron chi connectivity index (χ2n) is 7.32. The molecule has 0 saturated carbocycles. The highest BCUT2D eigenvalue weighted by Gasteiger charge is 2.38. The van der Waals surface area contributed by atoms with Crippen LogP contribution >= 0.6 is 23.2 Å². The average Bonchev–Trinajstić information content (AvgIpc) is 2.98. The number of hydrogen-bond acceptors (Lipinski definition) is 3. The smallest absolute Gasteiger partial charge is 0.261 e. The zero-order valence-corrected chi connectivity index (χ0v) is 18.3. The van der Waals surface area contributed by atoms with E-state index in [2.05, 4.69) is 0 Å². The number of halogens is 3. The molecule has 1 aliphatic heterocycles. The third-order valence-electron chi connectivity index (χ3n) is 5.35. The Morgan fingerprint density at radius 3 is 2.06 bits per heavy atom. The molecule has 1 heterocycles. The normalized spacial score (nSPS) is 14.0. The Balaban J connectivity index is 1.74. The average molecular weight is 458 g/mol. The van der Waals surface area contributed by atoms with E-state index in [0.29, 0.717) is 43.6 Å². The number of rotatable bonds is 5. The van der Waals surface area contributed by atoms with Gasteiger partial charge in [0.2, 0.25) is 0 Å². The van der Waals surface area contributed by atoms with Crippen molar-refractivity contribution in [2.75, 3.05) is 7.11 Å². The molecule has 4 nitrogen and oxygen atoms in total. The number of benzene rings is 3. The lowest BCUT2D eigenvalue weighted by atomic mass is 9.97. The quantitative estimate of drug-likeness (QED) is 0.439. The van der Waals surface area contributed by atoms with E-state index in [1.54, 1.807) is 49.4 Å². The summed E-state index contributed by atoms with van der Waals surface area (Å²) < 4.78 is 20.2. The molecule has 7 heteroatoms. The predicted octanol–water partition coefficient (Wildman–Crippen LogP) is 6.04. The summed E-state index contributed by atoms with van der Waals surface area (Å²) in [7, 11) is 1.47. The largest absolute Gasteiger partial charge is 0.496 e. The first-order chi connectivity index (χ1) is 14.8. The minimum Gasteiger partial charge on any atom is -0.496 e. The number of carbonyl (C=O) groups excluding carboxylic acids is 2. The van der Waals surface area contributed by atoms with Crippen LogP contribution in [0.2, 0.25) is 10.0 Å². The second-order valence-corrected chi connectivity index (χ2v) is 8.14. The Bertz CT molecular complexity index is 1160. The third kappa shape index (κ3) is 3.68. The van der Waals surface area contributed by atoms with Crippen LogP contribution < -0.4 is 4.74 Å². The molecule has 0 radical (unpaired) electrons. The van der Waals surface area contributed by atoms with Crippen LogP contribution in [0.4, 0.5) is 4.39 Å². The molecule has 0 aromatic heterocycles. The number of methoxy groups -OCH3 is 1. The van der Waals surface area contributed by atoms with Crippen LogP contribution in [-0.4, -0.2) is 29.9 Å². The number of nitrogens with zero attached hydrogens (tertiary/aromatic N) is 1. The number of fused-ring (bicyclic) bond motifs is 1. The summed E-state index contributed by atoms with van der Waals surface area (Å²) in [4.78, 5) is 26.8. The topological polar surface area (TPSA) is 46.6 Å². The lowest BCUT2D eigenvalue weighted by Gasteiger charge is -2.24. The van der Waals surface area contributed by atoms with Gasteiger partial charge in [-0.15, -0.1) is 0 Å². The van der Waals surface area contributed by atoms with Gasteiger partial charge in [0, 0.05) is 17.2 Å². The first-order valence-electron chi connectivity index (χ1n) is 9.61. The van der Waals surface area contributed by atoms with Crippen molar-refractivity contribution < 1.29 is 18.7 Å². The molecule has 0 bridgehead atoms. The zero-order valence-electron chi connectivity index (χ0n) is 16.8. The van der Waals surface area contributed by atoms with E-state index < -0.39 is 11.9 Å². The summed E-state index contributed by atoms with van der Waals surface area (Å²) in [5.41, 5.74) is 2.10. The number of imide groups is 1. The first-order valence-corrected chi connectivity index (χ1v) is 10.4. The zero-order chi connectivity index (χ0) is 22.3. The number of carbonyl (C=O) groups is 2.